The minimum Gasteiger partial charge on any atom is -0.394 e. The molecule has 0 radical (unpaired) electrons. The summed E-state index contributed by atoms with van der Waals surface area (Å²) in [5.74, 6) is 0.642. The molecule has 0 rings (SSSR count). The molecule has 2 N–H and O–H groups in total. The molecule has 0 aliphatic rings. The van der Waals surface area contributed by atoms with Gasteiger partial charge >= 0.3 is 0 Å². The number of aliphatic hydroxyl groups excluding tert-OH is 1. The van der Waals surface area contributed by atoms with Gasteiger partial charge in [-0.1, -0.05) is 334 Å². The molecule has 0 saturated carbocycles. The number of carbonyl (C=O) groups excluding carboxylic acids is 2. The lowest BCUT2D eigenvalue weighted by Gasteiger charge is -2.16. The Kier molecular flexibility index (Phi) is 62.6. The normalized spacial score (nSPS) is 12.3. The largest absolute Gasteiger partial charge is 0.394 e. The van der Waals surface area contributed by atoms with E-state index in [4.69, 9.17) is 0 Å². The summed E-state index contributed by atoms with van der Waals surface area (Å²) < 4.78 is 0. The highest BCUT2D eigenvalue weighted by atomic mass is 16.3. The van der Waals surface area contributed by atoms with Crippen LogP contribution in [0, 0.1) is 0 Å². The summed E-state index contributed by atoms with van der Waals surface area (Å²) in [6.07, 6.45) is 84.8. The molecule has 0 aliphatic heterocycles. The third-order valence-corrected chi connectivity index (χ3v) is 15.8. The molecule has 0 saturated heterocycles. The van der Waals surface area contributed by atoms with Crippen molar-refractivity contribution in [3.8, 4) is 0 Å². The second kappa shape index (κ2) is 63.9. The Labute approximate surface area is 452 Å². The first-order valence-corrected chi connectivity index (χ1v) is 33.4. The van der Waals surface area contributed by atoms with Gasteiger partial charge in [-0.2, -0.15) is 0 Å². The van der Waals surface area contributed by atoms with E-state index in [1.54, 1.807) is 0 Å². The third kappa shape index (κ3) is 61.1. The van der Waals surface area contributed by atoms with Crippen molar-refractivity contribution in [3.63, 3.8) is 0 Å². The van der Waals surface area contributed by atoms with Gasteiger partial charge in [0.2, 0.25) is 5.91 Å². The van der Waals surface area contributed by atoms with E-state index in [9.17, 15) is 14.7 Å². The molecule has 0 aliphatic carbocycles. The number of hydrogen-bond acceptors (Lipinski definition) is 3. The maximum atomic E-state index is 12.5. The molecule has 0 heterocycles. The number of nitrogens with one attached hydrogen (secondary N) is 1. The molecule has 426 valence electrons. The first-order valence-electron chi connectivity index (χ1n) is 33.4. The van der Waals surface area contributed by atoms with E-state index in [1.807, 2.05) is 0 Å². The third-order valence-electron chi connectivity index (χ3n) is 15.8. The lowest BCUT2D eigenvalue weighted by Crippen LogP contribution is -2.37. The van der Waals surface area contributed by atoms with Crippen molar-refractivity contribution in [1.82, 2.24) is 5.32 Å². The summed E-state index contributed by atoms with van der Waals surface area (Å²) in [6.45, 7) is 4.62. The Morgan fingerprint density at radius 2 is 0.569 bits per heavy atom. The van der Waals surface area contributed by atoms with Gasteiger partial charge in [0.1, 0.15) is 5.78 Å². The highest BCUT2D eigenvalue weighted by Gasteiger charge is 2.11. The van der Waals surface area contributed by atoms with Gasteiger partial charge in [0.05, 0.1) is 12.6 Å². The fourth-order valence-electron chi connectivity index (χ4n) is 10.7. The standard InChI is InChI=1S/C68H131NO3/c1-3-5-7-9-11-13-15-17-19-34-37-41-45-49-53-57-61-66(65-70)69-68(72)64-60-56-52-48-44-40-36-32-30-28-26-24-22-20-21-23-25-27-29-31-35-39-43-47-51-55-59-63-67(71)62-58-54-50-46-42-38-33-18-16-14-12-10-8-6-4-2/h12,14,18,33,66,70H,3-11,13,15-17,19-32,34-65H2,1-2H3,(H,69,72)/b14-12-,33-18-/t66-/m1/s1. The number of amides is 1. The smallest absolute Gasteiger partial charge is 0.220 e. The summed E-state index contributed by atoms with van der Waals surface area (Å²) >= 11 is 0. The summed E-state index contributed by atoms with van der Waals surface area (Å²) in [5, 5.41) is 12.9. The van der Waals surface area contributed by atoms with Crippen LogP contribution >= 0.6 is 0 Å². The van der Waals surface area contributed by atoms with Gasteiger partial charge in [-0.25, -0.2) is 0 Å². The van der Waals surface area contributed by atoms with E-state index in [0.29, 0.717) is 12.2 Å². The van der Waals surface area contributed by atoms with E-state index in [0.717, 1.165) is 57.8 Å². The Balaban J connectivity index is 3.30. The van der Waals surface area contributed by atoms with Crippen LogP contribution in [0.2, 0.25) is 0 Å². The number of rotatable bonds is 63. The van der Waals surface area contributed by atoms with Crippen LogP contribution in [-0.4, -0.2) is 29.4 Å². The molecule has 1 amide bonds. The summed E-state index contributed by atoms with van der Waals surface area (Å²) in [7, 11) is 0. The van der Waals surface area contributed by atoms with Crippen molar-refractivity contribution in [2.45, 2.75) is 392 Å². The maximum Gasteiger partial charge on any atom is 0.220 e. The quantitative estimate of drug-likeness (QED) is 0.0471. The molecule has 4 nitrogen and oxygen atoms in total. The van der Waals surface area contributed by atoms with Crippen LogP contribution in [0.4, 0.5) is 0 Å². The summed E-state index contributed by atoms with van der Waals surface area (Å²) in [4.78, 5) is 24.7. The molecule has 0 unspecified atom stereocenters. The van der Waals surface area contributed by atoms with Gasteiger partial charge in [0.15, 0.2) is 0 Å². The number of allylic oxidation sites excluding steroid dienone is 4. The molecule has 0 bridgehead atoms. The molecule has 0 aromatic carbocycles. The first kappa shape index (κ1) is 70.6. The monoisotopic (exact) mass is 1010 g/mol. The molecule has 4 heteroatoms. The predicted octanol–water partition coefficient (Wildman–Crippen LogP) is 22.8. The fraction of sp³-hybridized carbons (Fsp3) is 0.912. The molecule has 0 fully saturated rings. The minimum atomic E-state index is -0.0604. The molecule has 0 aromatic heterocycles. The zero-order chi connectivity index (χ0) is 52.0. The van der Waals surface area contributed by atoms with E-state index in [-0.39, 0.29) is 18.6 Å². The maximum absolute atomic E-state index is 12.5. The van der Waals surface area contributed by atoms with Crippen molar-refractivity contribution < 1.29 is 14.7 Å². The van der Waals surface area contributed by atoms with Gasteiger partial charge in [0.25, 0.3) is 0 Å². The second-order valence-electron chi connectivity index (χ2n) is 23.1. The number of carbonyl (C=O) groups is 2. The van der Waals surface area contributed by atoms with Crippen molar-refractivity contribution in [3.05, 3.63) is 24.3 Å². The molecule has 0 spiro atoms. The molecule has 0 aromatic rings. The highest BCUT2D eigenvalue weighted by Crippen LogP contribution is 2.19. The van der Waals surface area contributed by atoms with Gasteiger partial charge < -0.3 is 10.4 Å². The predicted molar refractivity (Wildman–Crippen MR) is 321 cm³/mol. The minimum absolute atomic E-state index is 0.0604. The van der Waals surface area contributed by atoms with Gasteiger partial charge in [0, 0.05) is 19.3 Å². The van der Waals surface area contributed by atoms with Crippen molar-refractivity contribution >= 4 is 11.7 Å². The van der Waals surface area contributed by atoms with Crippen LogP contribution in [0.15, 0.2) is 24.3 Å². The Bertz CT molecular complexity index is 1100. The Hall–Kier alpha value is -1.42. The van der Waals surface area contributed by atoms with E-state index in [2.05, 4.69) is 43.5 Å². The number of aliphatic hydroxyl groups is 1. The van der Waals surface area contributed by atoms with Crippen LogP contribution in [0.3, 0.4) is 0 Å². The van der Waals surface area contributed by atoms with E-state index >= 15 is 0 Å². The number of unbranched alkanes of at least 4 members (excludes halogenated alkanes) is 49. The van der Waals surface area contributed by atoms with Crippen molar-refractivity contribution in [2.75, 3.05) is 6.61 Å². The summed E-state index contributed by atoms with van der Waals surface area (Å²) in [6, 6.07) is -0.0604. The molecular weight excluding hydrogens is 879 g/mol. The highest BCUT2D eigenvalue weighted by molar-refractivity contribution is 5.78. The van der Waals surface area contributed by atoms with Gasteiger partial charge in [-0.3, -0.25) is 9.59 Å². The lowest BCUT2D eigenvalue weighted by atomic mass is 10.0. The Morgan fingerprint density at radius 3 is 0.889 bits per heavy atom. The van der Waals surface area contributed by atoms with Crippen LogP contribution in [0.5, 0.6) is 0 Å². The van der Waals surface area contributed by atoms with Crippen molar-refractivity contribution in [2.24, 2.45) is 0 Å². The van der Waals surface area contributed by atoms with Crippen LogP contribution in [0.25, 0.3) is 0 Å². The second-order valence-corrected chi connectivity index (χ2v) is 23.1. The average molecular weight is 1010 g/mol. The SMILES string of the molecule is CCCCC/C=C\C/C=C\CCCCCCCC(=O)CCCCCCCCCCCCCCCCCCCCCCCCCCCCCC(=O)N[C@@H](CO)CCCCCCCCCCCCCCCCCC. The fourth-order valence-corrected chi connectivity index (χ4v) is 10.7. The average Bonchev–Trinajstić information content (AvgIpc) is 3.38. The first-order chi connectivity index (χ1) is 35.6. The molecular formula is C68H131NO3. The van der Waals surface area contributed by atoms with Crippen LogP contribution < -0.4 is 5.32 Å². The van der Waals surface area contributed by atoms with E-state index < -0.39 is 0 Å². The zero-order valence-electron chi connectivity index (χ0n) is 49.4. The topological polar surface area (TPSA) is 66.4 Å². The number of ketones is 1. The number of hydrogen-bond donors (Lipinski definition) is 2. The summed E-state index contributed by atoms with van der Waals surface area (Å²) in [5.41, 5.74) is 0. The van der Waals surface area contributed by atoms with Crippen LogP contribution in [0.1, 0.15) is 386 Å². The van der Waals surface area contributed by atoms with E-state index in [1.165, 1.54) is 308 Å². The lowest BCUT2D eigenvalue weighted by molar-refractivity contribution is -0.122. The Morgan fingerprint density at radius 1 is 0.319 bits per heavy atom. The number of Topliss-reactive ketones (excluding diaryl/α,β-unsaturated/α-hetero) is 1. The zero-order valence-corrected chi connectivity index (χ0v) is 49.4. The molecule has 1 atom stereocenters. The molecule has 72 heavy (non-hydrogen) atoms. The van der Waals surface area contributed by atoms with Crippen molar-refractivity contribution in [1.29, 1.82) is 0 Å². The van der Waals surface area contributed by atoms with Crippen LogP contribution in [-0.2, 0) is 9.59 Å². The van der Waals surface area contributed by atoms with Gasteiger partial charge in [-0.05, 0) is 57.8 Å². The van der Waals surface area contributed by atoms with Gasteiger partial charge in [-0.15, -0.1) is 0 Å².